The van der Waals surface area contributed by atoms with E-state index in [1.54, 1.807) is 6.07 Å². The molecule has 1 aromatic heterocycles. The van der Waals surface area contributed by atoms with Crippen molar-refractivity contribution in [3.05, 3.63) is 54.9 Å². The van der Waals surface area contributed by atoms with Crippen LogP contribution in [0, 0.1) is 17.5 Å². The van der Waals surface area contributed by atoms with Gasteiger partial charge in [0, 0.05) is 4.88 Å². The first-order valence-corrected chi connectivity index (χ1v) is 6.73. The lowest BCUT2D eigenvalue weighted by Crippen LogP contribution is -2.11. The van der Waals surface area contributed by atoms with Crippen molar-refractivity contribution < 1.29 is 13.2 Å². The van der Waals surface area contributed by atoms with E-state index in [4.69, 9.17) is 17.3 Å². The molecular weight excluding hydrogens is 351 g/mol. The average Bonchev–Trinajstić information content (AvgIpc) is 2.65. The minimum atomic E-state index is -1.50. The van der Waals surface area contributed by atoms with Gasteiger partial charge in [-0.2, -0.15) is 0 Å². The highest BCUT2D eigenvalue weighted by molar-refractivity contribution is 9.11. The number of hydrogen-bond donors (Lipinski definition) is 1. The molecule has 0 aliphatic carbocycles. The van der Waals surface area contributed by atoms with Gasteiger partial charge in [-0.15, -0.1) is 11.3 Å². The zero-order chi connectivity index (χ0) is 13.4. The number of nitrogens with two attached hydrogens (primary N) is 1. The second-order valence-electron chi connectivity index (χ2n) is 3.55. The van der Waals surface area contributed by atoms with Crippen LogP contribution >= 0.6 is 38.9 Å². The summed E-state index contributed by atoms with van der Waals surface area (Å²) in [6, 6.07) is 2.60. The summed E-state index contributed by atoms with van der Waals surface area (Å²) in [5, 5.41) is 0.466. The lowest BCUT2D eigenvalue weighted by Gasteiger charge is -2.10. The Kier molecular flexibility index (Phi) is 4.01. The average molecular weight is 357 g/mol. The second-order valence-corrected chi connectivity index (χ2v) is 6.36. The Bertz CT molecular complexity index is 559. The number of halogens is 5. The molecular formula is C11H6BrClF3NS. The van der Waals surface area contributed by atoms with Gasteiger partial charge in [-0.3, -0.25) is 0 Å². The zero-order valence-corrected chi connectivity index (χ0v) is 11.8. The molecule has 0 aliphatic heterocycles. The molecule has 1 aromatic carbocycles. The largest absolute Gasteiger partial charge is 0.320 e. The monoisotopic (exact) mass is 355 g/mol. The molecule has 96 valence electrons. The summed E-state index contributed by atoms with van der Waals surface area (Å²) in [6.07, 6.45) is 0. The molecule has 0 fully saturated rings. The van der Waals surface area contributed by atoms with Crippen LogP contribution in [0.2, 0.25) is 5.02 Å². The van der Waals surface area contributed by atoms with E-state index in [1.165, 1.54) is 11.3 Å². The van der Waals surface area contributed by atoms with E-state index in [0.717, 1.165) is 12.1 Å². The fourth-order valence-corrected chi connectivity index (χ4v) is 3.21. The third-order valence-electron chi connectivity index (χ3n) is 2.34. The van der Waals surface area contributed by atoms with Crippen molar-refractivity contribution in [3.8, 4) is 0 Å². The van der Waals surface area contributed by atoms with E-state index in [2.05, 4.69) is 15.9 Å². The third-order valence-corrected chi connectivity index (χ3v) is 4.89. The summed E-state index contributed by atoms with van der Waals surface area (Å²) >= 11 is 10.3. The van der Waals surface area contributed by atoms with E-state index in [0.29, 0.717) is 13.7 Å². The fourth-order valence-electron chi connectivity index (χ4n) is 1.44. The molecule has 2 rings (SSSR count). The van der Waals surface area contributed by atoms with Crippen LogP contribution in [-0.2, 0) is 0 Å². The van der Waals surface area contributed by atoms with Crippen molar-refractivity contribution in [1.82, 2.24) is 0 Å². The maximum Gasteiger partial charge on any atom is 0.194 e. The molecule has 0 saturated carbocycles. The number of benzene rings is 1. The van der Waals surface area contributed by atoms with E-state index < -0.39 is 23.5 Å². The van der Waals surface area contributed by atoms with Gasteiger partial charge < -0.3 is 5.73 Å². The predicted octanol–water partition coefficient (Wildman–Crippen LogP) is 4.63. The van der Waals surface area contributed by atoms with Gasteiger partial charge in [0.1, 0.15) is 0 Å². The maximum absolute atomic E-state index is 13.1. The minimum absolute atomic E-state index is 0.150. The van der Waals surface area contributed by atoms with Crippen molar-refractivity contribution in [2.75, 3.05) is 0 Å². The highest BCUT2D eigenvalue weighted by Gasteiger charge is 2.18. The number of hydrogen-bond acceptors (Lipinski definition) is 2. The van der Waals surface area contributed by atoms with E-state index in [9.17, 15) is 13.2 Å². The highest BCUT2D eigenvalue weighted by Crippen LogP contribution is 2.36. The van der Waals surface area contributed by atoms with Gasteiger partial charge in [-0.1, -0.05) is 11.6 Å². The van der Waals surface area contributed by atoms with Crippen LogP contribution in [0.5, 0.6) is 0 Å². The minimum Gasteiger partial charge on any atom is -0.320 e. The molecule has 0 amide bonds. The number of rotatable bonds is 2. The van der Waals surface area contributed by atoms with Gasteiger partial charge in [0.25, 0.3) is 0 Å². The SMILES string of the molecule is NC(c1cc(F)c(F)c(F)c1)c1cc(Cl)c(Br)s1. The summed E-state index contributed by atoms with van der Waals surface area (Å²) in [5.74, 6) is -4.03. The summed E-state index contributed by atoms with van der Waals surface area (Å²) < 4.78 is 39.7. The predicted molar refractivity (Wildman–Crippen MR) is 69.4 cm³/mol. The molecule has 2 N–H and O–H groups in total. The molecule has 0 saturated heterocycles. The Morgan fingerprint density at radius 3 is 2.17 bits per heavy atom. The van der Waals surface area contributed by atoms with Gasteiger partial charge in [-0.25, -0.2) is 13.2 Å². The topological polar surface area (TPSA) is 26.0 Å². The van der Waals surface area contributed by atoms with Gasteiger partial charge in [0.2, 0.25) is 0 Å². The van der Waals surface area contributed by atoms with Crippen LogP contribution in [0.4, 0.5) is 13.2 Å². The molecule has 0 spiro atoms. The fraction of sp³-hybridized carbons (Fsp3) is 0.0909. The zero-order valence-electron chi connectivity index (χ0n) is 8.68. The molecule has 1 nitrogen and oxygen atoms in total. The molecule has 1 unspecified atom stereocenters. The Labute approximate surface area is 119 Å². The van der Waals surface area contributed by atoms with Gasteiger partial charge in [0.05, 0.1) is 14.9 Å². The molecule has 7 heteroatoms. The third kappa shape index (κ3) is 2.56. The van der Waals surface area contributed by atoms with Crippen LogP contribution in [0.1, 0.15) is 16.5 Å². The Balaban J connectivity index is 2.42. The first-order valence-electron chi connectivity index (χ1n) is 4.75. The molecule has 0 bridgehead atoms. The van der Waals surface area contributed by atoms with Crippen LogP contribution < -0.4 is 5.73 Å². The first-order chi connectivity index (χ1) is 8.40. The van der Waals surface area contributed by atoms with Gasteiger partial charge in [0.15, 0.2) is 17.5 Å². The van der Waals surface area contributed by atoms with Crippen molar-refractivity contribution >= 4 is 38.9 Å². The Morgan fingerprint density at radius 1 is 1.17 bits per heavy atom. The molecule has 0 aliphatic rings. The van der Waals surface area contributed by atoms with Gasteiger partial charge in [-0.05, 0) is 39.7 Å². The summed E-state index contributed by atoms with van der Waals surface area (Å²) in [7, 11) is 0. The van der Waals surface area contributed by atoms with Crippen LogP contribution in [0.3, 0.4) is 0 Å². The first kappa shape index (κ1) is 13.9. The normalized spacial score (nSPS) is 12.8. The number of thiophene rings is 1. The van der Waals surface area contributed by atoms with Crippen LogP contribution in [-0.4, -0.2) is 0 Å². The van der Waals surface area contributed by atoms with E-state index in [1.807, 2.05) is 0 Å². The van der Waals surface area contributed by atoms with Crippen molar-refractivity contribution in [2.24, 2.45) is 5.73 Å². The van der Waals surface area contributed by atoms with Crippen LogP contribution in [0.15, 0.2) is 22.0 Å². The summed E-state index contributed by atoms with van der Waals surface area (Å²) in [6.45, 7) is 0. The molecule has 1 heterocycles. The Hall–Kier alpha value is -0.560. The van der Waals surface area contributed by atoms with Crippen LogP contribution in [0.25, 0.3) is 0 Å². The standard InChI is InChI=1S/C11H6BrClF3NS/c12-11-5(13)3-8(18-11)10(17)4-1-6(14)9(16)7(15)2-4/h1-3,10H,17H2. The molecule has 2 aromatic rings. The Morgan fingerprint density at radius 2 is 1.72 bits per heavy atom. The van der Waals surface area contributed by atoms with Crippen molar-refractivity contribution in [2.45, 2.75) is 6.04 Å². The lowest BCUT2D eigenvalue weighted by atomic mass is 10.1. The highest BCUT2D eigenvalue weighted by atomic mass is 79.9. The van der Waals surface area contributed by atoms with Crippen molar-refractivity contribution in [3.63, 3.8) is 0 Å². The van der Waals surface area contributed by atoms with Crippen molar-refractivity contribution in [1.29, 1.82) is 0 Å². The summed E-state index contributed by atoms with van der Waals surface area (Å²) in [5.41, 5.74) is 6.01. The molecule has 18 heavy (non-hydrogen) atoms. The lowest BCUT2D eigenvalue weighted by molar-refractivity contribution is 0.444. The van der Waals surface area contributed by atoms with Gasteiger partial charge >= 0.3 is 0 Å². The smallest absolute Gasteiger partial charge is 0.194 e. The van der Waals surface area contributed by atoms with E-state index >= 15 is 0 Å². The van der Waals surface area contributed by atoms with E-state index in [-0.39, 0.29) is 5.56 Å². The maximum atomic E-state index is 13.1. The quantitative estimate of drug-likeness (QED) is 0.780. The second kappa shape index (κ2) is 5.21. The molecule has 0 radical (unpaired) electrons. The summed E-state index contributed by atoms with van der Waals surface area (Å²) in [4.78, 5) is 0.622. The molecule has 1 atom stereocenters.